The maximum absolute atomic E-state index is 10.2. The second-order valence-corrected chi connectivity index (χ2v) is 4.31. The fourth-order valence-corrected chi connectivity index (χ4v) is 1.97. The summed E-state index contributed by atoms with van der Waals surface area (Å²) in [6, 6.07) is 14.8. The average molecular weight is 243 g/mol. The molecule has 0 amide bonds. The Balaban J connectivity index is 2.29. The van der Waals surface area contributed by atoms with Gasteiger partial charge in [-0.3, -0.25) is 0 Å². The largest absolute Gasteiger partial charge is 0.507 e. The van der Waals surface area contributed by atoms with Crippen LogP contribution in [0.15, 0.2) is 48.5 Å². The zero-order valence-electron chi connectivity index (χ0n) is 10.1. The lowest BCUT2D eigenvalue weighted by Gasteiger charge is -2.14. The molecule has 1 atom stereocenters. The Bertz CT molecular complexity index is 511. The second kappa shape index (κ2) is 5.67. The predicted octanol–water partition coefficient (Wildman–Crippen LogP) is 1.98. The van der Waals surface area contributed by atoms with Crippen LogP contribution in [-0.2, 0) is 6.42 Å². The summed E-state index contributed by atoms with van der Waals surface area (Å²) >= 11 is 0. The fourth-order valence-electron chi connectivity index (χ4n) is 1.97. The molecule has 18 heavy (non-hydrogen) atoms. The van der Waals surface area contributed by atoms with Gasteiger partial charge in [0.15, 0.2) is 0 Å². The molecule has 4 N–H and O–H groups in total. The molecule has 0 fully saturated rings. The SMILES string of the molecule is N[C@H](CO)c1cccc(Cc2ccccc2)c1O. The van der Waals surface area contributed by atoms with Crippen molar-refractivity contribution in [2.75, 3.05) is 6.61 Å². The van der Waals surface area contributed by atoms with Crippen molar-refractivity contribution in [3.63, 3.8) is 0 Å². The minimum Gasteiger partial charge on any atom is -0.507 e. The average Bonchev–Trinajstić information content (AvgIpc) is 2.41. The van der Waals surface area contributed by atoms with Gasteiger partial charge in [0.25, 0.3) is 0 Å². The minimum atomic E-state index is -0.541. The third-order valence-corrected chi connectivity index (χ3v) is 2.98. The highest BCUT2D eigenvalue weighted by Crippen LogP contribution is 2.28. The standard InChI is InChI=1S/C15H17NO2/c16-14(10-17)13-8-4-7-12(15(13)18)9-11-5-2-1-3-6-11/h1-8,14,17-18H,9-10,16H2/t14-/m1/s1. The first-order valence-corrected chi connectivity index (χ1v) is 5.93. The van der Waals surface area contributed by atoms with Crippen LogP contribution in [-0.4, -0.2) is 16.8 Å². The van der Waals surface area contributed by atoms with Gasteiger partial charge in [-0.1, -0.05) is 48.5 Å². The molecule has 0 spiro atoms. The van der Waals surface area contributed by atoms with Crippen molar-refractivity contribution in [1.82, 2.24) is 0 Å². The molecule has 2 rings (SSSR count). The first-order chi connectivity index (χ1) is 8.72. The molecule has 0 saturated heterocycles. The zero-order chi connectivity index (χ0) is 13.0. The van der Waals surface area contributed by atoms with Crippen LogP contribution in [0.2, 0.25) is 0 Å². The molecular formula is C15H17NO2. The van der Waals surface area contributed by atoms with Gasteiger partial charge >= 0.3 is 0 Å². The van der Waals surface area contributed by atoms with Crippen molar-refractivity contribution < 1.29 is 10.2 Å². The smallest absolute Gasteiger partial charge is 0.123 e. The molecule has 0 heterocycles. The number of phenols is 1. The molecule has 2 aromatic rings. The Labute approximate surface area is 107 Å². The van der Waals surface area contributed by atoms with Crippen molar-refractivity contribution in [3.05, 3.63) is 65.2 Å². The van der Waals surface area contributed by atoms with Crippen LogP contribution in [0.3, 0.4) is 0 Å². The zero-order valence-corrected chi connectivity index (χ0v) is 10.1. The summed E-state index contributed by atoms with van der Waals surface area (Å²) in [6.45, 7) is -0.178. The van der Waals surface area contributed by atoms with Gasteiger partial charge in [-0.15, -0.1) is 0 Å². The number of rotatable bonds is 4. The monoisotopic (exact) mass is 243 g/mol. The van der Waals surface area contributed by atoms with Crippen LogP contribution in [0.1, 0.15) is 22.7 Å². The number of hydrogen-bond donors (Lipinski definition) is 3. The summed E-state index contributed by atoms with van der Waals surface area (Å²) in [5.41, 5.74) is 8.29. The lowest BCUT2D eigenvalue weighted by Crippen LogP contribution is -2.15. The maximum atomic E-state index is 10.2. The van der Waals surface area contributed by atoms with E-state index in [-0.39, 0.29) is 12.4 Å². The van der Waals surface area contributed by atoms with Gasteiger partial charge in [-0.25, -0.2) is 0 Å². The van der Waals surface area contributed by atoms with E-state index in [1.807, 2.05) is 42.5 Å². The van der Waals surface area contributed by atoms with E-state index in [9.17, 15) is 5.11 Å². The molecular weight excluding hydrogens is 226 g/mol. The van der Waals surface area contributed by atoms with Gasteiger partial charge in [0.2, 0.25) is 0 Å². The summed E-state index contributed by atoms with van der Waals surface area (Å²) in [6.07, 6.45) is 0.651. The van der Waals surface area contributed by atoms with E-state index >= 15 is 0 Å². The summed E-state index contributed by atoms with van der Waals surface area (Å²) in [5.74, 6) is 0.183. The highest BCUT2D eigenvalue weighted by atomic mass is 16.3. The number of phenolic OH excluding ortho intramolecular Hbond substituents is 1. The first-order valence-electron chi connectivity index (χ1n) is 5.93. The van der Waals surface area contributed by atoms with Gasteiger partial charge in [0, 0.05) is 12.0 Å². The lowest BCUT2D eigenvalue weighted by molar-refractivity contribution is 0.265. The number of aromatic hydroxyl groups is 1. The van der Waals surface area contributed by atoms with E-state index < -0.39 is 6.04 Å². The van der Waals surface area contributed by atoms with Crippen LogP contribution in [0.4, 0.5) is 0 Å². The Hall–Kier alpha value is -1.84. The number of para-hydroxylation sites is 1. The van der Waals surface area contributed by atoms with E-state index in [2.05, 4.69) is 0 Å². The molecule has 0 aliphatic rings. The normalized spacial score (nSPS) is 12.3. The Kier molecular flexibility index (Phi) is 3.97. The molecule has 0 saturated carbocycles. The third kappa shape index (κ3) is 2.70. The van der Waals surface area contributed by atoms with E-state index in [0.717, 1.165) is 11.1 Å². The molecule has 0 aliphatic carbocycles. The molecule has 0 unspecified atom stereocenters. The van der Waals surface area contributed by atoms with Crippen LogP contribution in [0, 0.1) is 0 Å². The lowest BCUT2D eigenvalue weighted by atomic mass is 9.98. The molecule has 0 bridgehead atoms. The van der Waals surface area contributed by atoms with E-state index in [0.29, 0.717) is 12.0 Å². The predicted molar refractivity (Wildman–Crippen MR) is 71.4 cm³/mol. The third-order valence-electron chi connectivity index (χ3n) is 2.98. The molecule has 2 aromatic carbocycles. The highest BCUT2D eigenvalue weighted by Gasteiger charge is 2.12. The molecule has 3 nitrogen and oxygen atoms in total. The number of benzene rings is 2. The van der Waals surface area contributed by atoms with Crippen molar-refractivity contribution in [1.29, 1.82) is 0 Å². The van der Waals surface area contributed by atoms with Crippen LogP contribution >= 0.6 is 0 Å². The molecule has 94 valence electrons. The second-order valence-electron chi connectivity index (χ2n) is 4.31. The summed E-state index contributed by atoms with van der Waals surface area (Å²) < 4.78 is 0. The quantitative estimate of drug-likeness (QED) is 0.769. The van der Waals surface area contributed by atoms with Crippen molar-refractivity contribution >= 4 is 0 Å². The van der Waals surface area contributed by atoms with Gasteiger partial charge in [0.1, 0.15) is 5.75 Å². The van der Waals surface area contributed by atoms with Gasteiger partial charge in [-0.05, 0) is 11.1 Å². The summed E-state index contributed by atoms with van der Waals surface area (Å²) in [5, 5.41) is 19.2. The van der Waals surface area contributed by atoms with Gasteiger partial charge in [-0.2, -0.15) is 0 Å². The van der Waals surface area contributed by atoms with Crippen LogP contribution in [0.5, 0.6) is 5.75 Å². The van der Waals surface area contributed by atoms with Crippen molar-refractivity contribution in [3.8, 4) is 5.75 Å². The number of aliphatic hydroxyl groups excluding tert-OH is 1. The molecule has 0 aromatic heterocycles. The van der Waals surface area contributed by atoms with Crippen molar-refractivity contribution in [2.45, 2.75) is 12.5 Å². The molecule has 0 radical (unpaired) electrons. The topological polar surface area (TPSA) is 66.5 Å². The van der Waals surface area contributed by atoms with Crippen LogP contribution in [0.25, 0.3) is 0 Å². The van der Waals surface area contributed by atoms with Crippen LogP contribution < -0.4 is 5.73 Å². The summed E-state index contributed by atoms with van der Waals surface area (Å²) in [7, 11) is 0. The highest BCUT2D eigenvalue weighted by molar-refractivity contribution is 5.44. The van der Waals surface area contributed by atoms with E-state index in [1.54, 1.807) is 6.07 Å². The van der Waals surface area contributed by atoms with Gasteiger partial charge in [0.05, 0.1) is 12.6 Å². The van der Waals surface area contributed by atoms with Gasteiger partial charge < -0.3 is 15.9 Å². The van der Waals surface area contributed by atoms with E-state index in [1.165, 1.54) is 0 Å². The Morgan fingerprint density at radius 3 is 2.39 bits per heavy atom. The number of nitrogens with two attached hydrogens (primary N) is 1. The van der Waals surface area contributed by atoms with Crippen molar-refractivity contribution in [2.24, 2.45) is 5.73 Å². The first kappa shape index (κ1) is 12.6. The maximum Gasteiger partial charge on any atom is 0.123 e. The molecule has 0 aliphatic heterocycles. The minimum absolute atomic E-state index is 0.178. The Morgan fingerprint density at radius 1 is 1.00 bits per heavy atom. The van der Waals surface area contributed by atoms with E-state index in [4.69, 9.17) is 10.8 Å². The fraction of sp³-hybridized carbons (Fsp3) is 0.200. The molecule has 3 heteroatoms. The number of aliphatic hydroxyl groups is 1. The summed E-state index contributed by atoms with van der Waals surface area (Å²) in [4.78, 5) is 0. The number of hydrogen-bond acceptors (Lipinski definition) is 3. The Morgan fingerprint density at radius 2 is 1.72 bits per heavy atom.